The average molecular weight is 295 g/mol. The number of nitrogens with zero attached hydrogens (tertiary/aromatic N) is 1. The molecule has 3 aliphatic rings. The highest BCUT2D eigenvalue weighted by Gasteiger charge is 2.40. The molecule has 0 aromatic rings. The average Bonchev–Trinajstić information content (AvgIpc) is 2.82. The Labute approximate surface area is 128 Å². The predicted octanol–water partition coefficient (Wildman–Crippen LogP) is 4.60. The molecule has 1 heterocycles. The minimum atomic E-state index is 0.395. The number of aliphatic imine (C=N–C) groups is 1. The third-order valence-corrected chi connectivity index (χ3v) is 6.67. The number of hydrogen-bond acceptors (Lipinski definition) is 2. The van der Waals surface area contributed by atoms with Crippen LogP contribution in [0, 0.1) is 11.8 Å². The van der Waals surface area contributed by atoms with Gasteiger partial charge in [0.05, 0.1) is 0 Å². The van der Waals surface area contributed by atoms with Crippen molar-refractivity contribution in [3.8, 4) is 0 Å². The Morgan fingerprint density at radius 2 is 2.05 bits per heavy atom. The highest BCUT2D eigenvalue weighted by molar-refractivity contribution is 8.14. The Morgan fingerprint density at radius 3 is 2.85 bits per heavy atom. The van der Waals surface area contributed by atoms with Gasteiger partial charge < -0.3 is 5.32 Å². The molecule has 2 unspecified atom stereocenters. The van der Waals surface area contributed by atoms with E-state index in [4.69, 9.17) is 4.99 Å². The topological polar surface area (TPSA) is 24.4 Å². The molecule has 2 atom stereocenters. The molecule has 3 rings (SSSR count). The quantitative estimate of drug-likeness (QED) is 0.822. The highest BCUT2D eigenvalue weighted by atomic mass is 32.2. The van der Waals surface area contributed by atoms with Gasteiger partial charge in [0.25, 0.3) is 0 Å². The van der Waals surface area contributed by atoms with Crippen molar-refractivity contribution < 1.29 is 0 Å². The van der Waals surface area contributed by atoms with Gasteiger partial charge in [0.2, 0.25) is 0 Å². The Balaban J connectivity index is 1.45. The van der Waals surface area contributed by atoms with E-state index < -0.39 is 0 Å². The molecule has 2 aliphatic carbocycles. The molecule has 114 valence electrons. The maximum atomic E-state index is 4.86. The van der Waals surface area contributed by atoms with Crippen LogP contribution in [0.3, 0.4) is 0 Å². The van der Waals surface area contributed by atoms with E-state index in [9.17, 15) is 0 Å². The number of hydrogen-bond donors (Lipinski definition) is 1. The number of nitrogens with one attached hydrogen (secondary N) is 1. The van der Waals surface area contributed by atoms with Crippen LogP contribution in [0.2, 0.25) is 0 Å². The van der Waals surface area contributed by atoms with Gasteiger partial charge in [0.1, 0.15) is 0 Å². The van der Waals surface area contributed by atoms with Crippen molar-refractivity contribution in [1.82, 2.24) is 5.32 Å². The molecule has 0 amide bonds. The maximum Gasteiger partial charge on any atom is 0.157 e. The second kappa shape index (κ2) is 6.72. The lowest BCUT2D eigenvalue weighted by atomic mass is 9.78. The first-order valence-electron chi connectivity index (χ1n) is 8.71. The van der Waals surface area contributed by atoms with E-state index in [0.717, 1.165) is 18.4 Å². The molecule has 0 radical (unpaired) electrons. The smallest absolute Gasteiger partial charge is 0.157 e. The summed E-state index contributed by atoms with van der Waals surface area (Å²) in [6.45, 7) is 3.46. The highest BCUT2D eigenvalue weighted by Crippen LogP contribution is 2.38. The van der Waals surface area contributed by atoms with Crippen molar-refractivity contribution >= 4 is 16.9 Å². The molecule has 3 heteroatoms. The van der Waals surface area contributed by atoms with E-state index in [0.29, 0.717) is 5.54 Å². The predicted molar refractivity (Wildman–Crippen MR) is 89.5 cm³/mol. The van der Waals surface area contributed by atoms with Crippen molar-refractivity contribution in [3.05, 3.63) is 0 Å². The van der Waals surface area contributed by atoms with E-state index >= 15 is 0 Å². The summed E-state index contributed by atoms with van der Waals surface area (Å²) in [7, 11) is 0. The van der Waals surface area contributed by atoms with Crippen LogP contribution < -0.4 is 5.32 Å². The second-order valence-corrected chi connectivity index (χ2v) is 8.34. The molecule has 0 aromatic carbocycles. The molecule has 1 aliphatic heterocycles. The third kappa shape index (κ3) is 3.72. The van der Waals surface area contributed by atoms with Crippen molar-refractivity contribution in [1.29, 1.82) is 0 Å². The summed E-state index contributed by atoms with van der Waals surface area (Å²) in [6.07, 6.45) is 14.1. The van der Waals surface area contributed by atoms with Gasteiger partial charge in [-0.25, -0.2) is 0 Å². The van der Waals surface area contributed by atoms with Crippen molar-refractivity contribution in [3.63, 3.8) is 0 Å². The van der Waals surface area contributed by atoms with E-state index in [1.807, 2.05) is 11.8 Å². The number of thioether (sulfide) groups is 1. The Morgan fingerprint density at radius 1 is 1.20 bits per heavy atom. The van der Waals surface area contributed by atoms with E-state index in [2.05, 4.69) is 12.2 Å². The molecule has 20 heavy (non-hydrogen) atoms. The standard InChI is InChI=1S/C17H30N2S/c1-14-6-5-10-17(12-14)13-20-16(19-17)18-11-9-15-7-3-2-4-8-15/h14-15H,2-13H2,1H3,(H,18,19). The van der Waals surface area contributed by atoms with Gasteiger partial charge in [-0.3, -0.25) is 4.99 Å². The molecule has 2 saturated carbocycles. The van der Waals surface area contributed by atoms with Gasteiger partial charge in [0, 0.05) is 17.8 Å². The largest absolute Gasteiger partial charge is 0.359 e. The molecule has 1 N–H and O–H groups in total. The van der Waals surface area contributed by atoms with E-state index in [-0.39, 0.29) is 0 Å². The SMILES string of the molecule is CC1CCCC2(CSC(=NCCC3CCCCC3)N2)C1. The maximum absolute atomic E-state index is 4.86. The fourth-order valence-corrected chi connectivity index (χ4v) is 5.54. The zero-order chi connectivity index (χ0) is 13.8. The molecular formula is C17H30N2S. The van der Waals surface area contributed by atoms with Gasteiger partial charge in [0.15, 0.2) is 5.17 Å². The van der Waals surface area contributed by atoms with Crippen LogP contribution in [-0.2, 0) is 0 Å². The van der Waals surface area contributed by atoms with Gasteiger partial charge in [-0.1, -0.05) is 63.6 Å². The third-order valence-electron chi connectivity index (χ3n) is 5.47. The summed E-state index contributed by atoms with van der Waals surface area (Å²) in [4.78, 5) is 4.86. The van der Waals surface area contributed by atoms with E-state index in [1.165, 1.54) is 75.1 Å². The zero-order valence-electron chi connectivity index (χ0n) is 13.0. The van der Waals surface area contributed by atoms with Crippen LogP contribution >= 0.6 is 11.8 Å². The van der Waals surface area contributed by atoms with Crippen LogP contribution in [0.1, 0.15) is 71.1 Å². The van der Waals surface area contributed by atoms with Crippen LogP contribution in [0.15, 0.2) is 4.99 Å². The molecule has 0 bridgehead atoms. The van der Waals surface area contributed by atoms with Crippen LogP contribution in [0.25, 0.3) is 0 Å². The molecule has 0 aromatic heterocycles. The minimum Gasteiger partial charge on any atom is -0.359 e. The summed E-state index contributed by atoms with van der Waals surface area (Å²) in [5.41, 5.74) is 0.395. The van der Waals surface area contributed by atoms with Gasteiger partial charge in [-0.15, -0.1) is 0 Å². The lowest BCUT2D eigenvalue weighted by molar-refractivity contribution is 0.242. The minimum absolute atomic E-state index is 0.395. The van der Waals surface area contributed by atoms with Crippen LogP contribution in [-0.4, -0.2) is 23.0 Å². The lowest BCUT2D eigenvalue weighted by Gasteiger charge is -2.36. The van der Waals surface area contributed by atoms with Gasteiger partial charge in [-0.05, 0) is 31.1 Å². The summed E-state index contributed by atoms with van der Waals surface area (Å²) in [5.74, 6) is 3.10. The Hall–Kier alpha value is -0.180. The molecular weight excluding hydrogens is 264 g/mol. The lowest BCUT2D eigenvalue weighted by Crippen LogP contribution is -2.47. The monoisotopic (exact) mass is 294 g/mol. The summed E-state index contributed by atoms with van der Waals surface area (Å²) in [5, 5.41) is 5.03. The second-order valence-electron chi connectivity index (χ2n) is 7.38. The molecule has 1 spiro atoms. The first-order valence-corrected chi connectivity index (χ1v) is 9.70. The first kappa shape index (κ1) is 14.7. The normalized spacial score (nSPS) is 37.5. The fourth-order valence-electron chi connectivity index (χ4n) is 4.32. The Bertz CT molecular complexity index is 349. The van der Waals surface area contributed by atoms with Crippen LogP contribution in [0.5, 0.6) is 0 Å². The Kier molecular flexibility index (Phi) is 4.95. The number of amidine groups is 1. The van der Waals surface area contributed by atoms with E-state index in [1.54, 1.807) is 0 Å². The summed E-state index contributed by atoms with van der Waals surface area (Å²) < 4.78 is 0. The summed E-state index contributed by atoms with van der Waals surface area (Å²) in [6, 6.07) is 0. The van der Waals surface area contributed by atoms with Gasteiger partial charge >= 0.3 is 0 Å². The molecule has 1 saturated heterocycles. The van der Waals surface area contributed by atoms with Crippen molar-refractivity contribution in [2.24, 2.45) is 16.8 Å². The fraction of sp³-hybridized carbons (Fsp3) is 0.941. The molecule has 2 nitrogen and oxygen atoms in total. The van der Waals surface area contributed by atoms with Crippen molar-refractivity contribution in [2.75, 3.05) is 12.3 Å². The van der Waals surface area contributed by atoms with Crippen molar-refractivity contribution in [2.45, 2.75) is 76.7 Å². The number of rotatable bonds is 3. The molecule has 3 fully saturated rings. The zero-order valence-corrected chi connectivity index (χ0v) is 13.8. The first-order chi connectivity index (χ1) is 9.76. The van der Waals surface area contributed by atoms with Crippen LogP contribution in [0.4, 0.5) is 0 Å². The van der Waals surface area contributed by atoms with Gasteiger partial charge in [-0.2, -0.15) is 0 Å². The summed E-state index contributed by atoms with van der Waals surface area (Å²) >= 11 is 1.98.